The van der Waals surface area contributed by atoms with Crippen molar-refractivity contribution >= 4 is 17.4 Å². The largest absolute Gasteiger partial charge is 0.365 e. The van der Waals surface area contributed by atoms with Crippen molar-refractivity contribution in [1.29, 1.82) is 0 Å². The maximum Gasteiger partial charge on any atom is 0.254 e. The molecule has 120 valence electrons. The van der Waals surface area contributed by atoms with E-state index in [-0.39, 0.29) is 6.04 Å². The lowest BCUT2D eigenvalue weighted by atomic mass is 9.85. The average Bonchev–Trinajstić information content (AvgIpc) is 2.99. The van der Waals surface area contributed by atoms with Crippen LogP contribution >= 0.6 is 0 Å². The number of rotatable bonds is 5. The molecule has 5 nitrogen and oxygen atoms in total. The normalized spacial score (nSPS) is 20.9. The highest BCUT2D eigenvalue weighted by Gasteiger charge is 2.27. The van der Waals surface area contributed by atoms with Crippen molar-refractivity contribution in [2.45, 2.75) is 31.7 Å². The number of para-hydroxylation sites is 1. The smallest absolute Gasteiger partial charge is 0.254 e. The van der Waals surface area contributed by atoms with Gasteiger partial charge in [-0.25, -0.2) is 0 Å². The number of allylic oxidation sites excluding steroid dienone is 1. The van der Waals surface area contributed by atoms with E-state index in [1.807, 2.05) is 41.1 Å². The van der Waals surface area contributed by atoms with Gasteiger partial charge in [0.15, 0.2) is 5.82 Å². The van der Waals surface area contributed by atoms with Crippen LogP contribution in [-0.2, 0) is 0 Å². The molecule has 1 aromatic heterocycles. The van der Waals surface area contributed by atoms with Crippen molar-refractivity contribution in [2.75, 3.05) is 5.32 Å². The Labute approximate surface area is 136 Å². The molecule has 3 rings (SSSR count). The number of hydrogen-bond acceptors (Lipinski definition) is 3. The van der Waals surface area contributed by atoms with Crippen molar-refractivity contribution in [2.24, 2.45) is 11.7 Å². The quantitative estimate of drug-likeness (QED) is 0.828. The first kappa shape index (κ1) is 15.3. The van der Waals surface area contributed by atoms with E-state index in [1.54, 1.807) is 6.20 Å². The molecule has 0 bridgehead atoms. The van der Waals surface area contributed by atoms with Crippen molar-refractivity contribution < 1.29 is 4.79 Å². The summed E-state index contributed by atoms with van der Waals surface area (Å²) in [6.45, 7) is 3.94. The van der Waals surface area contributed by atoms with Gasteiger partial charge in [0, 0.05) is 11.9 Å². The first-order valence-corrected chi connectivity index (χ1v) is 8.02. The predicted molar refractivity (Wildman–Crippen MR) is 91.7 cm³/mol. The van der Waals surface area contributed by atoms with Crippen molar-refractivity contribution in [3.8, 4) is 0 Å². The standard InChI is InChI=1S/C18H22N4O/c1-2-13-8-6-7-11-16(13)22-12-15(17(19)23)18(21-22)20-14-9-4-3-5-10-14/h2-5,9-10,12-13,16H,1,6-8,11H2,(H2,19,23)(H,20,21)/t13-,16+/m1/s1. The summed E-state index contributed by atoms with van der Waals surface area (Å²) in [5.74, 6) is 0.423. The Bertz CT molecular complexity index is 692. The topological polar surface area (TPSA) is 72.9 Å². The molecule has 5 heteroatoms. The molecular weight excluding hydrogens is 288 g/mol. The summed E-state index contributed by atoms with van der Waals surface area (Å²) in [7, 11) is 0. The molecule has 1 aliphatic carbocycles. The van der Waals surface area contributed by atoms with Gasteiger partial charge in [-0.15, -0.1) is 6.58 Å². The predicted octanol–water partition coefficient (Wildman–Crippen LogP) is 3.64. The van der Waals surface area contributed by atoms with Crippen molar-refractivity contribution in [3.63, 3.8) is 0 Å². The van der Waals surface area contributed by atoms with E-state index < -0.39 is 5.91 Å². The molecule has 1 heterocycles. The van der Waals surface area contributed by atoms with Crippen LogP contribution in [-0.4, -0.2) is 15.7 Å². The molecule has 23 heavy (non-hydrogen) atoms. The van der Waals surface area contributed by atoms with Crippen molar-refractivity contribution in [3.05, 3.63) is 54.7 Å². The number of aromatic nitrogens is 2. The van der Waals surface area contributed by atoms with Crippen LogP contribution in [0, 0.1) is 5.92 Å². The lowest BCUT2D eigenvalue weighted by Gasteiger charge is -2.29. The van der Waals surface area contributed by atoms with E-state index >= 15 is 0 Å². The van der Waals surface area contributed by atoms with Gasteiger partial charge in [-0.05, 0) is 30.9 Å². The number of primary amides is 1. The Morgan fingerprint density at radius 2 is 2.04 bits per heavy atom. The summed E-state index contributed by atoms with van der Waals surface area (Å²) in [6.07, 6.45) is 8.30. The highest BCUT2D eigenvalue weighted by molar-refractivity contribution is 5.98. The second-order valence-electron chi connectivity index (χ2n) is 5.98. The molecule has 0 aliphatic heterocycles. The van der Waals surface area contributed by atoms with E-state index in [2.05, 4.69) is 17.0 Å². The van der Waals surface area contributed by atoms with Crippen LogP contribution in [0.2, 0.25) is 0 Å². The van der Waals surface area contributed by atoms with Crippen molar-refractivity contribution in [1.82, 2.24) is 9.78 Å². The SMILES string of the molecule is C=C[C@@H]1CCCC[C@@H]1n1cc(C(N)=O)c(Nc2ccccc2)n1. The highest BCUT2D eigenvalue weighted by atomic mass is 16.1. The van der Waals surface area contributed by atoms with Gasteiger partial charge in [0.2, 0.25) is 0 Å². The van der Waals surface area contributed by atoms with E-state index in [0.29, 0.717) is 17.3 Å². The summed E-state index contributed by atoms with van der Waals surface area (Å²) in [5.41, 5.74) is 6.82. The Morgan fingerprint density at radius 3 is 2.74 bits per heavy atom. The number of carbonyl (C=O) groups is 1. The lowest BCUT2D eigenvalue weighted by molar-refractivity contribution is 0.100. The van der Waals surface area contributed by atoms with E-state index in [9.17, 15) is 4.79 Å². The highest BCUT2D eigenvalue weighted by Crippen LogP contribution is 2.35. The summed E-state index contributed by atoms with van der Waals surface area (Å²) >= 11 is 0. The zero-order valence-electron chi connectivity index (χ0n) is 13.1. The minimum Gasteiger partial charge on any atom is -0.365 e. The third-order valence-electron chi connectivity index (χ3n) is 4.46. The lowest BCUT2D eigenvalue weighted by Crippen LogP contribution is -2.22. The van der Waals surface area contributed by atoms with Crippen LogP contribution in [0.5, 0.6) is 0 Å². The van der Waals surface area contributed by atoms with E-state index in [0.717, 1.165) is 18.5 Å². The van der Waals surface area contributed by atoms with Crippen LogP contribution in [0.3, 0.4) is 0 Å². The third-order valence-corrected chi connectivity index (χ3v) is 4.46. The summed E-state index contributed by atoms with van der Waals surface area (Å²) in [6, 6.07) is 9.89. The number of amides is 1. The van der Waals surface area contributed by atoms with Gasteiger partial charge in [-0.1, -0.05) is 37.1 Å². The second-order valence-corrected chi connectivity index (χ2v) is 5.98. The number of anilines is 2. The number of nitrogens with one attached hydrogen (secondary N) is 1. The fourth-order valence-electron chi connectivity index (χ4n) is 3.24. The van der Waals surface area contributed by atoms with Gasteiger partial charge in [0.1, 0.15) is 5.56 Å². The molecular formula is C18H22N4O. The van der Waals surface area contributed by atoms with E-state index in [4.69, 9.17) is 5.73 Å². The van der Waals surface area contributed by atoms with Gasteiger partial charge in [0.25, 0.3) is 5.91 Å². The van der Waals surface area contributed by atoms with Crippen LogP contribution in [0.1, 0.15) is 42.1 Å². The van der Waals surface area contributed by atoms with Crippen LogP contribution in [0.4, 0.5) is 11.5 Å². The minimum atomic E-state index is -0.472. The number of carbonyl (C=O) groups excluding carboxylic acids is 1. The Kier molecular flexibility index (Phi) is 4.46. The minimum absolute atomic E-state index is 0.241. The number of benzene rings is 1. The van der Waals surface area contributed by atoms with Gasteiger partial charge in [-0.3, -0.25) is 9.48 Å². The van der Waals surface area contributed by atoms with Crippen LogP contribution in [0.15, 0.2) is 49.2 Å². The molecule has 0 saturated heterocycles. The summed E-state index contributed by atoms with van der Waals surface area (Å²) < 4.78 is 1.89. The number of hydrogen-bond donors (Lipinski definition) is 2. The Balaban J connectivity index is 1.92. The first-order valence-electron chi connectivity index (χ1n) is 8.02. The monoisotopic (exact) mass is 310 g/mol. The molecule has 3 N–H and O–H groups in total. The zero-order valence-corrected chi connectivity index (χ0v) is 13.1. The zero-order chi connectivity index (χ0) is 16.2. The van der Waals surface area contributed by atoms with Gasteiger partial charge < -0.3 is 11.1 Å². The average molecular weight is 310 g/mol. The fraction of sp³-hybridized carbons (Fsp3) is 0.333. The number of nitrogens with zero attached hydrogens (tertiary/aromatic N) is 2. The Hall–Kier alpha value is -2.56. The second kappa shape index (κ2) is 6.69. The van der Waals surface area contributed by atoms with Crippen LogP contribution in [0.25, 0.3) is 0 Å². The van der Waals surface area contributed by atoms with E-state index in [1.165, 1.54) is 12.8 Å². The first-order chi connectivity index (χ1) is 11.2. The molecule has 1 amide bonds. The molecule has 1 aromatic carbocycles. The van der Waals surface area contributed by atoms with Gasteiger partial charge >= 0.3 is 0 Å². The number of nitrogens with two attached hydrogens (primary N) is 1. The van der Waals surface area contributed by atoms with Gasteiger partial charge in [0.05, 0.1) is 6.04 Å². The van der Waals surface area contributed by atoms with Gasteiger partial charge in [-0.2, -0.15) is 5.10 Å². The molecule has 0 unspecified atom stereocenters. The molecule has 0 radical (unpaired) electrons. The summed E-state index contributed by atoms with van der Waals surface area (Å²) in [5, 5.41) is 7.79. The molecule has 1 aliphatic rings. The molecule has 1 saturated carbocycles. The fourth-order valence-corrected chi connectivity index (χ4v) is 3.24. The molecule has 2 atom stereocenters. The molecule has 0 spiro atoms. The third kappa shape index (κ3) is 3.28. The maximum absolute atomic E-state index is 11.8. The Morgan fingerprint density at radius 1 is 1.30 bits per heavy atom. The summed E-state index contributed by atoms with van der Waals surface area (Å²) in [4.78, 5) is 11.8. The van der Waals surface area contributed by atoms with Crippen LogP contribution < -0.4 is 11.1 Å². The molecule has 2 aromatic rings. The molecule has 1 fully saturated rings. The maximum atomic E-state index is 11.8.